The molecule has 0 unspecified atom stereocenters. The minimum atomic E-state index is -1.44. The van der Waals surface area contributed by atoms with Gasteiger partial charge in [0.1, 0.15) is 28.9 Å². The summed E-state index contributed by atoms with van der Waals surface area (Å²) >= 11 is 6.26. The maximum atomic E-state index is 15.2. The number of hydrogen-bond donors (Lipinski definition) is 2. The van der Waals surface area contributed by atoms with E-state index in [4.69, 9.17) is 16.3 Å². The fourth-order valence-electron chi connectivity index (χ4n) is 6.71. The Bertz CT molecular complexity index is 1980. The number of carbonyl (C=O) groups excluding carboxylic acids is 1. The van der Waals surface area contributed by atoms with Crippen LogP contribution in [0.3, 0.4) is 0 Å². The molecule has 2 saturated heterocycles. The molecule has 0 spiro atoms. The van der Waals surface area contributed by atoms with Gasteiger partial charge in [-0.3, -0.25) is 19.1 Å². The van der Waals surface area contributed by atoms with Gasteiger partial charge in [-0.25, -0.2) is 14.4 Å². The number of ether oxygens (including phenoxy) is 1. The first kappa shape index (κ1) is 31.5. The predicted octanol–water partition coefficient (Wildman–Crippen LogP) is 4.23. The van der Waals surface area contributed by atoms with E-state index < -0.39 is 41.3 Å². The summed E-state index contributed by atoms with van der Waals surface area (Å²) in [4.78, 5) is 40.3. The zero-order valence-corrected chi connectivity index (χ0v) is 26.6. The molecule has 0 saturated carbocycles. The standard InChI is InChI=1S/C32H33ClF3N7O4/c1-16-9-19(27(34)28(35)29(16)45)20-12-41(31-25(20)32(46)43-6-4-3-5-22(43)39-31)13-24(44)37-21-10-23(38-30(36)26(21)33)42-8-7-40(11-17(42)2)18-14-47-15-18/h9-10,12,17-18,45H,3-8,11,13-15H2,1-2H3,(H,37,38,44)/t17-/m0/s1. The van der Waals surface area contributed by atoms with Gasteiger partial charge in [0.15, 0.2) is 11.6 Å². The van der Waals surface area contributed by atoms with E-state index >= 15 is 8.78 Å². The van der Waals surface area contributed by atoms with Crippen molar-refractivity contribution in [1.82, 2.24) is 24.0 Å². The van der Waals surface area contributed by atoms with Gasteiger partial charge >= 0.3 is 0 Å². The number of halogens is 4. The van der Waals surface area contributed by atoms with Crippen LogP contribution in [0.5, 0.6) is 5.75 Å². The van der Waals surface area contributed by atoms with Crippen LogP contribution >= 0.6 is 11.6 Å². The maximum absolute atomic E-state index is 15.2. The Morgan fingerprint density at radius 1 is 1.11 bits per heavy atom. The van der Waals surface area contributed by atoms with Crippen molar-refractivity contribution in [3.63, 3.8) is 0 Å². The normalized spacial score (nSPS) is 18.8. The number of piperazine rings is 1. The summed E-state index contributed by atoms with van der Waals surface area (Å²) in [5.41, 5.74) is -0.447. The number of nitrogens with one attached hydrogen (secondary N) is 1. The number of fused-ring (bicyclic) bond motifs is 2. The monoisotopic (exact) mass is 671 g/mol. The summed E-state index contributed by atoms with van der Waals surface area (Å²) in [6.07, 6.45) is 3.48. The molecule has 2 fully saturated rings. The van der Waals surface area contributed by atoms with Crippen LogP contribution in [0.25, 0.3) is 22.2 Å². The van der Waals surface area contributed by atoms with E-state index in [0.717, 1.165) is 25.9 Å². The molecule has 4 aromatic rings. The minimum absolute atomic E-state index is 0.00978. The third-order valence-corrected chi connectivity index (χ3v) is 9.69. The quantitative estimate of drug-likeness (QED) is 0.293. The zero-order chi connectivity index (χ0) is 33.1. The van der Waals surface area contributed by atoms with E-state index in [-0.39, 0.29) is 44.5 Å². The van der Waals surface area contributed by atoms with Crippen LogP contribution in [0.15, 0.2) is 23.1 Å². The second-order valence-corrected chi connectivity index (χ2v) is 12.8. The summed E-state index contributed by atoms with van der Waals surface area (Å²) in [6.45, 7) is 6.93. The van der Waals surface area contributed by atoms with Gasteiger partial charge in [0.25, 0.3) is 5.56 Å². The molecule has 15 heteroatoms. The molecule has 47 heavy (non-hydrogen) atoms. The van der Waals surface area contributed by atoms with Crippen LogP contribution in [0.4, 0.5) is 24.7 Å². The number of hydrogen-bond acceptors (Lipinski definition) is 8. The molecule has 11 nitrogen and oxygen atoms in total. The van der Waals surface area contributed by atoms with Gasteiger partial charge in [-0.05, 0) is 38.3 Å². The van der Waals surface area contributed by atoms with Crippen molar-refractivity contribution >= 4 is 40.0 Å². The number of nitrogens with zero attached hydrogens (tertiary/aromatic N) is 6. The van der Waals surface area contributed by atoms with Crippen LogP contribution in [0, 0.1) is 24.5 Å². The van der Waals surface area contributed by atoms with Gasteiger partial charge in [-0.2, -0.15) is 8.78 Å². The average Bonchev–Trinajstić information content (AvgIpc) is 3.37. The average molecular weight is 672 g/mol. The van der Waals surface area contributed by atoms with Crippen LogP contribution in [0.1, 0.15) is 31.2 Å². The summed E-state index contributed by atoms with van der Waals surface area (Å²) in [7, 11) is 0. The fraction of sp³-hybridized carbons (Fsp3) is 0.438. The number of pyridine rings is 1. The third-order valence-electron chi connectivity index (χ3n) is 9.33. The smallest absolute Gasteiger partial charge is 0.263 e. The van der Waals surface area contributed by atoms with Crippen LogP contribution in [0.2, 0.25) is 5.02 Å². The van der Waals surface area contributed by atoms with Crippen molar-refractivity contribution in [3.8, 4) is 16.9 Å². The van der Waals surface area contributed by atoms with Gasteiger partial charge in [0, 0.05) is 62.0 Å². The lowest BCUT2D eigenvalue weighted by Crippen LogP contribution is -2.59. The molecule has 7 rings (SSSR count). The van der Waals surface area contributed by atoms with Crippen molar-refractivity contribution in [2.24, 2.45) is 0 Å². The molecule has 3 aromatic heterocycles. The molecule has 0 bridgehead atoms. The Morgan fingerprint density at radius 2 is 1.89 bits per heavy atom. The van der Waals surface area contributed by atoms with Crippen molar-refractivity contribution < 1.29 is 27.8 Å². The van der Waals surface area contributed by atoms with Crippen molar-refractivity contribution in [2.45, 2.75) is 58.3 Å². The Hall–Kier alpha value is -4.14. The number of aryl methyl sites for hydroxylation is 2. The summed E-state index contributed by atoms with van der Waals surface area (Å²) < 4.78 is 53.1. The highest BCUT2D eigenvalue weighted by molar-refractivity contribution is 6.33. The Kier molecular flexibility index (Phi) is 8.13. The molecule has 0 radical (unpaired) electrons. The largest absolute Gasteiger partial charge is 0.505 e. The van der Waals surface area contributed by atoms with E-state index in [2.05, 4.69) is 20.2 Å². The second-order valence-electron chi connectivity index (χ2n) is 12.4. The molecule has 248 valence electrons. The number of rotatable bonds is 6. The number of phenolic OH excluding ortho intramolecular Hbond substituents is 1. The molecular weight excluding hydrogens is 639 g/mol. The summed E-state index contributed by atoms with van der Waals surface area (Å²) in [5, 5.41) is 12.3. The first-order chi connectivity index (χ1) is 22.5. The topological polar surface area (TPSA) is 118 Å². The fourth-order valence-corrected chi connectivity index (χ4v) is 6.85. The van der Waals surface area contributed by atoms with E-state index in [1.165, 1.54) is 34.4 Å². The highest BCUT2D eigenvalue weighted by atomic mass is 35.5. The molecule has 6 heterocycles. The summed E-state index contributed by atoms with van der Waals surface area (Å²) in [5.74, 6) is -4.30. The highest BCUT2D eigenvalue weighted by Crippen LogP contribution is 2.36. The van der Waals surface area contributed by atoms with Crippen LogP contribution in [-0.2, 0) is 29.0 Å². The molecule has 3 aliphatic heterocycles. The lowest BCUT2D eigenvalue weighted by atomic mass is 10.0. The van der Waals surface area contributed by atoms with Crippen molar-refractivity contribution in [1.29, 1.82) is 0 Å². The van der Waals surface area contributed by atoms with E-state index in [1.807, 2.05) is 11.8 Å². The van der Waals surface area contributed by atoms with Gasteiger partial charge in [0.05, 0.1) is 30.3 Å². The third kappa shape index (κ3) is 5.51. The number of phenols is 1. The van der Waals surface area contributed by atoms with E-state index in [9.17, 15) is 19.1 Å². The van der Waals surface area contributed by atoms with Crippen LogP contribution < -0.4 is 15.8 Å². The number of benzene rings is 1. The highest BCUT2D eigenvalue weighted by Gasteiger charge is 2.33. The molecule has 1 aromatic carbocycles. The first-order valence-electron chi connectivity index (χ1n) is 15.6. The lowest BCUT2D eigenvalue weighted by molar-refractivity contribution is -0.116. The number of aromatic hydroxyl groups is 1. The number of amides is 1. The minimum Gasteiger partial charge on any atom is -0.505 e. The first-order valence-corrected chi connectivity index (χ1v) is 15.9. The number of anilines is 2. The number of carbonyl (C=O) groups is 1. The van der Waals surface area contributed by atoms with Gasteiger partial charge in [0.2, 0.25) is 17.7 Å². The number of aromatic nitrogens is 4. The van der Waals surface area contributed by atoms with Crippen LogP contribution in [-0.4, -0.2) is 79.9 Å². The molecule has 2 N–H and O–H groups in total. The van der Waals surface area contributed by atoms with Crippen molar-refractivity contribution in [2.75, 3.05) is 43.1 Å². The van der Waals surface area contributed by atoms with E-state index in [0.29, 0.717) is 50.4 Å². The SMILES string of the molecule is Cc1cc(-c2cn(CC(=O)Nc3cc(N4CCN(C5COC5)C[C@@H]4C)nc(F)c3Cl)c3nc4n(c(=O)c23)CCCC4)c(F)c(F)c1O. The zero-order valence-electron chi connectivity index (χ0n) is 25.8. The second kappa shape index (κ2) is 12.1. The van der Waals surface area contributed by atoms with Crippen molar-refractivity contribution in [3.05, 3.63) is 62.7 Å². The van der Waals surface area contributed by atoms with Gasteiger partial charge in [-0.1, -0.05) is 11.6 Å². The molecule has 0 aliphatic carbocycles. The lowest BCUT2D eigenvalue weighted by Gasteiger charge is -2.46. The molecule has 1 atom stereocenters. The Labute approximate surface area is 272 Å². The predicted molar refractivity (Wildman–Crippen MR) is 170 cm³/mol. The summed E-state index contributed by atoms with van der Waals surface area (Å²) in [6, 6.07) is 3.16. The Morgan fingerprint density at radius 3 is 2.62 bits per heavy atom. The molecular formula is C32H33ClF3N7O4. The van der Waals surface area contributed by atoms with Gasteiger partial charge < -0.3 is 24.6 Å². The van der Waals surface area contributed by atoms with E-state index in [1.54, 1.807) is 0 Å². The van der Waals surface area contributed by atoms with Gasteiger partial charge in [-0.15, -0.1) is 0 Å². The Balaban J connectivity index is 1.22. The maximum Gasteiger partial charge on any atom is 0.263 e. The molecule has 1 amide bonds. The molecule has 3 aliphatic rings.